The fourth-order valence-corrected chi connectivity index (χ4v) is 4.81. The van der Waals surface area contributed by atoms with E-state index < -0.39 is 42.0 Å². The van der Waals surface area contributed by atoms with E-state index >= 15 is 0 Å². The van der Waals surface area contributed by atoms with Crippen LogP contribution in [0.5, 0.6) is 0 Å². The smallest absolute Gasteiger partial charge is 0.326 e. The van der Waals surface area contributed by atoms with Gasteiger partial charge in [0.2, 0.25) is 17.7 Å². The molecule has 4 unspecified atom stereocenters. The Kier molecular flexibility index (Phi) is 11.6. The first kappa shape index (κ1) is 31.1. The Hall–Kier alpha value is -4.45. The highest BCUT2D eigenvalue weighted by Gasteiger charge is 2.38. The molecule has 0 aliphatic carbocycles. The highest BCUT2D eigenvalue weighted by atomic mass is 16.4. The van der Waals surface area contributed by atoms with Crippen LogP contribution < -0.4 is 27.8 Å². The molecule has 4 atom stereocenters. The molecule has 1 aliphatic rings. The third-order valence-electron chi connectivity index (χ3n) is 6.94. The number of aliphatic imine (C=N–C) groups is 1. The normalized spacial score (nSPS) is 16.7. The topological polar surface area (TPSA) is 206 Å². The van der Waals surface area contributed by atoms with E-state index in [9.17, 15) is 24.3 Å². The van der Waals surface area contributed by atoms with E-state index in [4.69, 9.17) is 17.2 Å². The van der Waals surface area contributed by atoms with Gasteiger partial charge in [0.15, 0.2) is 5.96 Å². The number of carboxylic acid groups (broad SMARTS) is 1. The standard InChI is InChI=1S/C29H39N7O5/c30-21(13-7-15-33-29(31)32)27(39)36-16-8-14-24(36)26(38)34-22(17-19-9-3-1-4-10-19)25(37)35-23(28(40)41)18-20-11-5-2-6-12-20/h1-6,9-12,21-24H,7-8,13-18,30H2,(H,34,38)(H,35,37)(H,40,41)(H4,31,32,33). The molecule has 0 bridgehead atoms. The van der Waals surface area contributed by atoms with Crippen LogP contribution in [0.1, 0.15) is 36.8 Å². The number of hydrogen-bond acceptors (Lipinski definition) is 6. The van der Waals surface area contributed by atoms with Crippen LogP contribution in [0.25, 0.3) is 0 Å². The minimum atomic E-state index is -1.19. The molecule has 12 nitrogen and oxygen atoms in total. The molecule has 2 aromatic carbocycles. The van der Waals surface area contributed by atoms with Gasteiger partial charge in [-0.3, -0.25) is 19.4 Å². The zero-order chi connectivity index (χ0) is 29.8. The van der Waals surface area contributed by atoms with Crippen molar-refractivity contribution in [3.63, 3.8) is 0 Å². The minimum Gasteiger partial charge on any atom is -0.480 e. The largest absolute Gasteiger partial charge is 0.480 e. The van der Waals surface area contributed by atoms with Crippen molar-refractivity contribution in [2.45, 2.75) is 62.7 Å². The Balaban J connectivity index is 1.70. The van der Waals surface area contributed by atoms with Gasteiger partial charge in [0.1, 0.15) is 18.1 Å². The second-order valence-corrected chi connectivity index (χ2v) is 10.1. The van der Waals surface area contributed by atoms with E-state index in [1.54, 1.807) is 24.3 Å². The molecule has 9 N–H and O–H groups in total. The number of nitrogens with zero attached hydrogens (tertiary/aromatic N) is 2. The lowest BCUT2D eigenvalue weighted by molar-refractivity contribution is -0.143. The van der Waals surface area contributed by atoms with E-state index in [0.717, 1.165) is 11.1 Å². The summed E-state index contributed by atoms with van der Waals surface area (Å²) in [6.45, 7) is 0.706. The molecule has 1 aliphatic heterocycles. The number of carbonyl (C=O) groups excluding carboxylic acids is 3. The first-order valence-corrected chi connectivity index (χ1v) is 13.7. The Morgan fingerprint density at radius 2 is 1.51 bits per heavy atom. The van der Waals surface area contributed by atoms with Gasteiger partial charge in [-0.2, -0.15) is 0 Å². The van der Waals surface area contributed by atoms with Crippen molar-refractivity contribution < 1.29 is 24.3 Å². The molecular weight excluding hydrogens is 526 g/mol. The van der Waals surface area contributed by atoms with E-state index in [1.165, 1.54) is 4.90 Å². The molecular formula is C29H39N7O5. The Labute approximate surface area is 239 Å². The molecule has 3 rings (SSSR count). The van der Waals surface area contributed by atoms with Gasteiger partial charge in [-0.1, -0.05) is 60.7 Å². The molecule has 0 aromatic heterocycles. The summed E-state index contributed by atoms with van der Waals surface area (Å²) in [7, 11) is 0. The van der Waals surface area contributed by atoms with Gasteiger partial charge in [0.25, 0.3) is 0 Å². The van der Waals surface area contributed by atoms with Gasteiger partial charge < -0.3 is 37.8 Å². The monoisotopic (exact) mass is 565 g/mol. The van der Waals surface area contributed by atoms with E-state index in [-0.39, 0.29) is 24.7 Å². The molecule has 12 heteroatoms. The van der Waals surface area contributed by atoms with Crippen LogP contribution >= 0.6 is 0 Å². The maximum absolute atomic E-state index is 13.4. The predicted octanol–water partition coefficient (Wildman–Crippen LogP) is -0.102. The fraction of sp³-hybridized carbons (Fsp3) is 0.414. The number of likely N-dealkylation sites (tertiary alicyclic amines) is 1. The summed E-state index contributed by atoms with van der Waals surface area (Å²) < 4.78 is 0. The van der Waals surface area contributed by atoms with Crippen molar-refractivity contribution >= 4 is 29.7 Å². The van der Waals surface area contributed by atoms with Crippen molar-refractivity contribution in [1.29, 1.82) is 0 Å². The number of carboxylic acids is 1. The average Bonchev–Trinajstić information content (AvgIpc) is 3.45. The van der Waals surface area contributed by atoms with Crippen molar-refractivity contribution in [1.82, 2.24) is 15.5 Å². The summed E-state index contributed by atoms with van der Waals surface area (Å²) in [5, 5.41) is 15.2. The van der Waals surface area contributed by atoms with Gasteiger partial charge >= 0.3 is 5.97 Å². The first-order valence-electron chi connectivity index (χ1n) is 13.7. The molecule has 1 heterocycles. The summed E-state index contributed by atoms with van der Waals surface area (Å²) in [6.07, 6.45) is 2.10. The van der Waals surface area contributed by atoms with E-state index in [0.29, 0.717) is 38.8 Å². The maximum Gasteiger partial charge on any atom is 0.326 e. The third-order valence-corrected chi connectivity index (χ3v) is 6.94. The second-order valence-electron chi connectivity index (χ2n) is 10.1. The number of benzene rings is 2. The highest BCUT2D eigenvalue weighted by molar-refractivity contribution is 5.94. The van der Waals surface area contributed by atoms with Gasteiger partial charge in [0.05, 0.1) is 6.04 Å². The van der Waals surface area contributed by atoms with Crippen molar-refractivity contribution in [2.24, 2.45) is 22.2 Å². The van der Waals surface area contributed by atoms with Crippen molar-refractivity contribution in [3.8, 4) is 0 Å². The number of carbonyl (C=O) groups is 4. The van der Waals surface area contributed by atoms with Crippen LogP contribution in [0, 0.1) is 0 Å². The van der Waals surface area contributed by atoms with Crippen LogP contribution in [0.4, 0.5) is 0 Å². The summed E-state index contributed by atoms with van der Waals surface area (Å²) in [5.41, 5.74) is 18.3. The van der Waals surface area contributed by atoms with Crippen LogP contribution in [0.3, 0.4) is 0 Å². The maximum atomic E-state index is 13.4. The van der Waals surface area contributed by atoms with Crippen LogP contribution in [0.2, 0.25) is 0 Å². The Bertz CT molecular complexity index is 1200. The Morgan fingerprint density at radius 3 is 2.07 bits per heavy atom. The van der Waals surface area contributed by atoms with E-state index in [2.05, 4.69) is 15.6 Å². The Morgan fingerprint density at radius 1 is 0.927 bits per heavy atom. The molecule has 3 amide bonds. The number of aliphatic carboxylic acids is 1. The molecule has 1 saturated heterocycles. The minimum absolute atomic E-state index is 0.0370. The molecule has 1 fully saturated rings. The molecule has 220 valence electrons. The number of nitrogens with two attached hydrogens (primary N) is 3. The van der Waals surface area contributed by atoms with Crippen LogP contribution in [0.15, 0.2) is 65.7 Å². The van der Waals surface area contributed by atoms with E-state index in [1.807, 2.05) is 36.4 Å². The van der Waals surface area contributed by atoms with Crippen LogP contribution in [-0.2, 0) is 32.0 Å². The molecule has 0 radical (unpaired) electrons. The number of amides is 3. The quantitative estimate of drug-likeness (QED) is 0.103. The first-order chi connectivity index (χ1) is 19.7. The average molecular weight is 566 g/mol. The lowest BCUT2D eigenvalue weighted by Gasteiger charge is -2.28. The molecule has 41 heavy (non-hydrogen) atoms. The molecule has 0 saturated carbocycles. The lowest BCUT2D eigenvalue weighted by Crippen LogP contribution is -2.57. The summed E-state index contributed by atoms with van der Waals surface area (Å²) >= 11 is 0. The molecule has 2 aromatic rings. The van der Waals surface area contributed by atoms with Crippen molar-refractivity contribution in [3.05, 3.63) is 71.8 Å². The predicted molar refractivity (Wildman–Crippen MR) is 154 cm³/mol. The lowest BCUT2D eigenvalue weighted by atomic mass is 10.0. The number of rotatable bonds is 14. The summed E-state index contributed by atoms with van der Waals surface area (Å²) in [4.78, 5) is 57.3. The third kappa shape index (κ3) is 9.60. The SMILES string of the molecule is NC(N)=NCCCC(N)C(=O)N1CCCC1C(=O)NC(Cc1ccccc1)C(=O)NC(Cc1ccccc1)C(=O)O. The molecule has 0 spiro atoms. The summed E-state index contributed by atoms with van der Waals surface area (Å²) in [6, 6.07) is 14.2. The number of nitrogens with one attached hydrogen (secondary N) is 2. The van der Waals surface area contributed by atoms with Gasteiger partial charge in [0, 0.05) is 25.9 Å². The van der Waals surface area contributed by atoms with Crippen molar-refractivity contribution in [2.75, 3.05) is 13.1 Å². The van der Waals surface area contributed by atoms with Crippen LogP contribution in [-0.4, -0.2) is 76.9 Å². The zero-order valence-electron chi connectivity index (χ0n) is 22.9. The zero-order valence-corrected chi connectivity index (χ0v) is 22.9. The summed E-state index contributed by atoms with van der Waals surface area (Å²) in [5.74, 6) is -2.70. The highest BCUT2D eigenvalue weighted by Crippen LogP contribution is 2.20. The van der Waals surface area contributed by atoms with Gasteiger partial charge in [-0.15, -0.1) is 0 Å². The fourth-order valence-electron chi connectivity index (χ4n) is 4.81. The number of hydrogen-bond donors (Lipinski definition) is 6. The van der Waals surface area contributed by atoms with Gasteiger partial charge in [-0.05, 0) is 36.8 Å². The number of guanidine groups is 1. The van der Waals surface area contributed by atoms with Gasteiger partial charge in [-0.25, -0.2) is 4.79 Å². The second kappa shape index (κ2) is 15.4.